The second-order valence-corrected chi connectivity index (χ2v) is 8.09. The Kier molecular flexibility index (Phi) is 3.73. The van der Waals surface area contributed by atoms with Crippen LogP contribution in [0, 0.1) is 6.92 Å². The lowest BCUT2D eigenvalue weighted by molar-refractivity contribution is -0.119. The fourth-order valence-corrected chi connectivity index (χ4v) is 4.43. The van der Waals surface area contributed by atoms with Crippen LogP contribution in [0.25, 0.3) is 0 Å². The molecule has 144 valence electrons. The normalized spacial score (nSPS) is 21.0. The van der Waals surface area contributed by atoms with Crippen LogP contribution in [0.3, 0.4) is 0 Å². The summed E-state index contributed by atoms with van der Waals surface area (Å²) in [5, 5.41) is 0. The molecule has 1 saturated carbocycles. The highest BCUT2D eigenvalue weighted by molar-refractivity contribution is 6.08. The van der Waals surface area contributed by atoms with E-state index in [1.165, 1.54) is 11.1 Å². The molecule has 2 amide bonds. The molecule has 1 aromatic carbocycles. The molecule has 1 aliphatic carbocycles. The number of rotatable bonds is 2. The summed E-state index contributed by atoms with van der Waals surface area (Å²) >= 11 is 0. The second kappa shape index (κ2) is 6.06. The van der Waals surface area contributed by atoms with E-state index in [9.17, 15) is 9.59 Å². The number of likely N-dealkylation sites (N-methyl/N-ethyl adjacent to an activating group) is 1. The number of aryl methyl sites for hydroxylation is 1. The fourth-order valence-electron chi connectivity index (χ4n) is 4.43. The van der Waals surface area contributed by atoms with Gasteiger partial charge in [-0.25, -0.2) is 4.98 Å². The summed E-state index contributed by atoms with van der Waals surface area (Å²) in [5.74, 6) is 0.753. The molecule has 0 saturated heterocycles. The first kappa shape index (κ1) is 17.2. The van der Waals surface area contributed by atoms with Gasteiger partial charge in [-0.05, 0) is 56.9 Å². The zero-order chi connectivity index (χ0) is 19.6. The van der Waals surface area contributed by atoms with E-state index in [1.54, 1.807) is 18.0 Å². The van der Waals surface area contributed by atoms with Gasteiger partial charge in [0.1, 0.15) is 11.7 Å². The summed E-state index contributed by atoms with van der Waals surface area (Å²) in [6.07, 6.45) is 3.01. The van der Waals surface area contributed by atoms with Crippen molar-refractivity contribution in [1.29, 1.82) is 0 Å². The summed E-state index contributed by atoms with van der Waals surface area (Å²) in [6, 6.07) is 9.93. The van der Waals surface area contributed by atoms with Crippen molar-refractivity contribution in [2.45, 2.75) is 45.2 Å². The van der Waals surface area contributed by atoms with Crippen LogP contribution in [0.2, 0.25) is 0 Å². The number of nitrogens with zero attached hydrogens (tertiary/aromatic N) is 4. The molecule has 1 unspecified atom stereocenters. The minimum atomic E-state index is -0.252. The van der Waals surface area contributed by atoms with Crippen molar-refractivity contribution in [2.24, 2.45) is 0 Å². The van der Waals surface area contributed by atoms with Gasteiger partial charge in [-0.2, -0.15) is 0 Å². The van der Waals surface area contributed by atoms with Crippen molar-refractivity contribution in [3.05, 3.63) is 47.2 Å². The zero-order valence-corrected chi connectivity index (χ0v) is 16.5. The van der Waals surface area contributed by atoms with Gasteiger partial charge >= 0.3 is 0 Å². The molecule has 0 radical (unpaired) electrons. The molecule has 3 heterocycles. The number of carbonyl (C=O) groups excluding carboxylic acids is 2. The highest BCUT2D eigenvalue weighted by Crippen LogP contribution is 2.41. The minimum Gasteiger partial charge on any atom is -0.340 e. The quantitative estimate of drug-likeness (QED) is 0.809. The SMILES string of the molecule is Cc1ccc2c(c1)CCN2C(=O)c1ccc2c(n1)N(C1CC1)C(C)C(=O)N2C. The Labute approximate surface area is 164 Å². The van der Waals surface area contributed by atoms with E-state index in [1.807, 2.05) is 30.0 Å². The third kappa shape index (κ3) is 2.51. The number of fused-ring (bicyclic) bond motifs is 2. The molecule has 2 aromatic rings. The maximum atomic E-state index is 13.3. The number of amides is 2. The van der Waals surface area contributed by atoms with Gasteiger partial charge in [0, 0.05) is 25.3 Å². The Morgan fingerprint density at radius 3 is 2.64 bits per heavy atom. The summed E-state index contributed by atoms with van der Waals surface area (Å²) < 4.78 is 0. The van der Waals surface area contributed by atoms with E-state index >= 15 is 0 Å². The largest absolute Gasteiger partial charge is 0.340 e. The second-order valence-electron chi connectivity index (χ2n) is 8.09. The van der Waals surface area contributed by atoms with E-state index in [0.717, 1.165) is 36.5 Å². The molecule has 28 heavy (non-hydrogen) atoms. The molecule has 3 aliphatic rings. The highest BCUT2D eigenvalue weighted by atomic mass is 16.2. The first-order valence-corrected chi connectivity index (χ1v) is 9.94. The summed E-state index contributed by atoms with van der Waals surface area (Å²) in [4.78, 5) is 36.2. The van der Waals surface area contributed by atoms with Crippen molar-refractivity contribution >= 4 is 29.0 Å². The molecule has 6 nitrogen and oxygen atoms in total. The van der Waals surface area contributed by atoms with Gasteiger partial charge < -0.3 is 14.7 Å². The molecule has 1 fully saturated rings. The molecule has 0 bridgehead atoms. The lowest BCUT2D eigenvalue weighted by Crippen LogP contribution is -2.52. The van der Waals surface area contributed by atoms with E-state index in [2.05, 4.69) is 17.9 Å². The van der Waals surface area contributed by atoms with Gasteiger partial charge in [0.05, 0.1) is 5.69 Å². The average molecular weight is 376 g/mol. The molecule has 6 heteroatoms. The number of anilines is 3. The van der Waals surface area contributed by atoms with Gasteiger partial charge in [-0.1, -0.05) is 17.7 Å². The van der Waals surface area contributed by atoms with Crippen LogP contribution < -0.4 is 14.7 Å². The Bertz CT molecular complexity index is 998. The number of hydrogen-bond donors (Lipinski definition) is 0. The standard InChI is InChI=1S/C22H24N4O2/c1-13-4-8-18-15(12-13)10-11-25(18)22(28)17-7-9-19-20(23-17)26(16-5-6-16)14(2)21(27)24(19)3/h4,7-9,12,14,16H,5-6,10-11H2,1-3H3. The highest BCUT2D eigenvalue weighted by Gasteiger charge is 2.42. The third-order valence-corrected chi connectivity index (χ3v) is 6.10. The van der Waals surface area contributed by atoms with Crippen molar-refractivity contribution in [2.75, 3.05) is 28.3 Å². The Balaban J connectivity index is 1.53. The average Bonchev–Trinajstić information content (AvgIpc) is 3.44. The van der Waals surface area contributed by atoms with Crippen LogP contribution in [0.4, 0.5) is 17.2 Å². The van der Waals surface area contributed by atoms with Gasteiger partial charge in [0.2, 0.25) is 5.91 Å². The maximum absolute atomic E-state index is 13.3. The van der Waals surface area contributed by atoms with Gasteiger partial charge in [-0.15, -0.1) is 0 Å². The van der Waals surface area contributed by atoms with Crippen molar-refractivity contribution in [3.63, 3.8) is 0 Å². The van der Waals surface area contributed by atoms with Crippen molar-refractivity contribution < 1.29 is 9.59 Å². The van der Waals surface area contributed by atoms with Crippen LogP contribution in [0.1, 0.15) is 41.4 Å². The Morgan fingerprint density at radius 1 is 1.14 bits per heavy atom. The predicted octanol–water partition coefficient (Wildman–Crippen LogP) is 2.93. The van der Waals surface area contributed by atoms with Crippen molar-refractivity contribution in [3.8, 4) is 0 Å². The molecule has 2 aliphatic heterocycles. The number of carbonyl (C=O) groups is 2. The lowest BCUT2D eigenvalue weighted by atomic mass is 10.1. The topological polar surface area (TPSA) is 56.8 Å². The first-order chi connectivity index (χ1) is 13.5. The minimum absolute atomic E-state index is 0.0733. The van der Waals surface area contributed by atoms with Crippen LogP contribution >= 0.6 is 0 Å². The van der Waals surface area contributed by atoms with E-state index in [4.69, 9.17) is 4.98 Å². The number of aromatic nitrogens is 1. The first-order valence-electron chi connectivity index (χ1n) is 9.94. The Hall–Kier alpha value is -2.89. The van der Waals surface area contributed by atoms with Crippen LogP contribution in [0.5, 0.6) is 0 Å². The van der Waals surface area contributed by atoms with Crippen LogP contribution in [0.15, 0.2) is 30.3 Å². The lowest BCUT2D eigenvalue weighted by Gasteiger charge is -2.39. The Morgan fingerprint density at radius 2 is 1.89 bits per heavy atom. The molecular weight excluding hydrogens is 352 g/mol. The maximum Gasteiger partial charge on any atom is 0.276 e. The van der Waals surface area contributed by atoms with E-state index < -0.39 is 0 Å². The molecular formula is C22H24N4O2. The molecule has 1 aromatic heterocycles. The number of benzene rings is 1. The molecule has 0 spiro atoms. The van der Waals surface area contributed by atoms with Crippen LogP contribution in [-0.2, 0) is 11.2 Å². The van der Waals surface area contributed by atoms with Crippen LogP contribution in [-0.4, -0.2) is 42.5 Å². The van der Waals surface area contributed by atoms with E-state index in [-0.39, 0.29) is 17.9 Å². The fraction of sp³-hybridized carbons (Fsp3) is 0.409. The van der Waals surface area contributed by atoms with Gasteiger partial charge in [-0.3, -0.25) is 9.59 Å². The zero-order valence-electron chi connectivity index (χ0n) is 16.5. The van der Waals surface area contributed by atoms with Crippen molar-refractivity contribution in [1.82, 2.24) is 4.98 Å². The predicted molar refractivity (Wildman–Crippen MR) is 109 cm³/mol. The molecule has 0 N–H and O–H groups in total. The summed E-state index contributed by atoms with van der Waals surface area (Å²) in [6.45, 7) is 4.67. The monoisotopic (exact) mass is 376 g/mol. The smallest absolute Gasteiger partial charge is 0.276 e. The molecule has 1 atom stereocenters. The number of hydrogen-bond acceptors (Lipinski definition) is 4. The number of pyridine rings is 1. The summed E-state index contributed by atoms with van der Waals surface area (Å²) in [5.41, 5.74) is 4.62. The van der Waals surface area contributed by atoms with Gasteiger partial charge in [0.25, 0.3) is 5.91 Å². The third-order valence-electron chi connectivity index (χ3n) is 6.10. The summed E-state index contributed by atoms with van der Waals surface area (Å²) in [7, 11) is 1.78. The molecule has 5 rings (SSSR count). The van der Waals surface area contributed by atoms with Gasteiger partial charge in [0.15, 0.2) is 5.82 Å². The van der Waals surface area contributed by atoms with E-state index in [0.29, 0.717) is 18.3 Å².